The number of halogens is 4. The van der Waals surface area contributed by atoms with Crippen molar-refractivity contribution in [3.05, 3.63) is 63.6 Å². The molecule has 2 heterocycles. The Morgan fingerprint density at radius 1 is 1.20 bits per heavy atom. The highest BCUT2D eigenvalue weighted by Gasteiger charge is 2.31. The van der Waals surface area contributed by atoms with Crippen molar-refractivity contribution in [2.75, 3.05) is 5.32 Å². The largest absolute Gasteiger partial charge is 0.363 e. The molecule has 1 atom stereocenters. The van der Waals surface area contributed by atoms with Gasteiger partial charge >= 0.3 is 0 Å². The number of nitrogens with one attached hydrogen (secondary N) is 1. The average Bonchev–Trinajstić information content (AvgIpc) is 2.68. The molecule has 1 aromatic carbocycles. The van der Waals surface area contributed by atoms with Crippen molar-refractivity contribution in [2.24, 2.45) is 0 Å². The monoisotopic (exact) mass is 420 g/mol. The van der Waals surface area contributed by atoms with Gasteiger partial charge in [-0.3, -0.25) is 4.79 Å². The first-order chi connectivity index (χ1) is 14.3. The summed E-state index contributed by atoms with van der Waals surface area (Å²) >= 11 is 0. The summed E-state index contributed by atoms with van der Waals surface area (Å²) in [4.78, 5) is 21.1. The first-order valence-corrected chi connectivity index (χ1v) is 9.61. The van der Waals surface area contributed by atoms with Crippen molar-refractivity contribution in [1.82, 2.24) is 14.5 Å². The van der Waals surface area contributed by atoms with Crippen LogP contribution in [0.25, 0.3) is 10.9 Å². The molecule has 0 bridgehead atoms. The van der Waals surface area contributed by atoms with E-state index in [0.29, 0.717) is 22.3 Å². The van der Waals surface area contributed by atoms with E-state index in [1.165, 1.54) is 23.0 Å². The topological polar surface area (TPSA) is 59.8 Å². The molecule has 0 unspecified atom stereocenters. The molecule has 0 aliphatic heterocycles. The van der Waals surface area contributed by atoms with Crippen LogP contribution in [0.2, 0.25) is 0 Å². The van der Waals surface area contributed by atoms with Crippen molar-refractivity contribution in [3.63, 3.8) is 0 Å². The van der Waals surface area contributed by atoms with Crippen LogP contribution in [0.5, 0.6) is 0 Å². The van der Waals surface area contributed by atoms with Crippen LogP contribution in [-0.4, -0.2) is 20.7 Å². The van der Waals surface area contributed by atoms with Crippen molar-refractivity contribution in [3.8, 4) is 0 Å². The number of benzene rings is 1. The first kappa shape index (κ1) is 20.3. The molecule has 0 amide bonds. The number of aromatic nitrogens is 3. The van der Waals surface area contributed by atoms with Gasteiger partial charge in [-0.05, 0) is 26.7 Å². The Hall–Kier alpha value is -2.97. The van der Waals surface area contributed by atoms with Gasteiger partial charge in [-0.25, -0.2) is 27.5 Å². The molecule has 1 aliphatic carbocycles. The molecule has 1 N–H and O–H groups in total. The third-order valence-corrected chi connectivity index (χ3v) is 5.62. The van der Waals surface area contributed by atoms with Crippen LogP contribution in [0, 0.1) is 12.7 Å². The molecular weight excluding hydrogens is 400 g/mol. The molecular formula is C21H20F4N4O. The van der Waals surface area contributed by atoms with E-state index < -0.39 is 30.0 Å². The highest BCUT2D eigenvalue weighted by molar-refractivity contribution is 5.90. The molecule has 4 rings (SSSR count). The van der Waals surface area contributed by atoms with E-state index in [1.54, 1.807) is 20.0 Å². The standard InChI is InChI=1S/C21H20F4N4O/c1-10-18-16(8-29(21(10)30)13-6-12(22)7-13)20(27-9-26-18)28-11(2)14-4-3-5-15(17(14)23)19(24)25/h3-5,8-9,11-13,19H,6-7H2,1-2H3,(H,26,27,28)/t11-,12?,13?/m0/s1. The van der Waals surface area contributed by atoms with Gasteiger partial charge in [0.2, 0.25) is 0 Å². The van der Waals surface area contributed by atoms with E-state index in [2.05, 4.69) is 15.3 Å². The predicted molar refractivity (Wildman–Crippen MR) is 105 cm³/mol. The summed E-state index contributed by atoms with van der Waals surface area (Å²) in [7, 11) is 0. The maximum Gasteiger partial charge on any atom is 0.266 e. The summed E-state index contributed by atoms with van der Waals surface area (Å²) in [5.41, 5.74) is -0.00143. The molecule has 1 aliphatic rings. The quantitative estimate of drug-likeness (QED) is 0.589. The Kier molecular flexibility index (Phi) is 5.21. The molecule has 30 heavy (non-hydrogen) atoms. The van der Waals surface area contributed by atoms with Crippen LogP contribution in [0.1, 0.15) is 55.0 Å². The van der Waals surface area contributed by atoms with E-state index in [9.17, 15) is 22.4 Å². The molecule has 0 saturated heterocycles. The SMILES string of the molecule is Cc1c(=O)n(C2CC(F)C2)cc2c(N[C@@H](C)c3cccc(C(F)F)c3F)ncnc12. The summed E-state index contributed by atoms with van der Waals surface area (Å²) in [6.45, 7) is 3.27. The normalized spacial score (nSPS) is 19.7. The van der Waals surface area contributed by atoms with Gasteiger partial charge in [0.1, 0.15) is 24.1 Å². The number of fused-ring (bicyclic) bond motifs is 1. The van der Waals surface area contributed by atoms with E-state index in [0.717, 1.165) is 6.07 Å². The number of rotatable bonds is 5. The second kappa shape index (κ2) is 7.70. The first-order valence-electron chi connectivity index (χ1n) is 9.61. The summed E-state index contributed by atoms with van der Waals surface area (Å²) in [6, 6.07) is 2.94. The summed E-state index contributed by atoms with van der Waals surface area (Å²) in [5.74, 6) is -0.635. The number of anilines is 1. The van der Waals surface area contributed by atoms with E-state index in [-0.39, 0.29) is 30.0 Å². The Bertz CT molecular complexity index is 1160. The highest BCUT2D eigenvalue weighted by atomic mass is 19.3. The van der Waals surface area contributed by atoms with Crippen LogP contribution in [0.3, 0.4) is 0 Å². The maximum absolute atomic E-state index is 14.5. The second-order valence-electron chi connectivity index (χ2n) is 7.59. The minimum absolute atomic E-state index is 0.0730. The Morgan fingerprint density at radius 3 is 2.57 bits per heavy atom. The lowest BCUT2D eigenvalue weighted by molar-refractivity contribution is 0.134. The Balaban J connectivity index is 1.75. The van der Waals surface area contributed by atoms with E-state index in [4.69, 9.17) is 0 Å². The number of hydrogen-bond acceptors (Lipinski definition) is 4. The molecule has 0 spiro atoms. The number of aryl methyl sites for hydroxylation is 1. The van der Waals surface area contributed by atoms with Gasteiger partial charge in [0.15, 0.2) is 0 Å². The van der Waals surface area contributed by atoms with Gasteiger partial charge in [0.05, 0.1) is 22.5 Å². The molecule has 1 fully saturated rings. The molecule has 5 nitrogen and oxygen atoms in total. The van der Waals surface area contributed by atoms with Crippen LogP contribution in [-0.2, 0) is 0 Å². The maximum atomic E-state index is 14.5. The predicted octanol–water partition coefficient (Wildman–Crippen LogP) is 5.02. The second-order valence-corrected chi connectivity index (χ2v) is 7.59. The minimum Gasteiger partial charge on any atom is -0.363 e. The van der Waals surface area contributed by atoms with Crippen LogP contribution in [0.4, 0.5) is 23.4 Å². The number of nitrogens with zero attached hydrogens (tertiary/aromatic N) is 3. The zero-order valence-electron chi connectivity index (χ0n) is 16.4. The van der Waals surface area contributed by atoms with Crippen LogP contribution >= 0.6 is 0 Å². The molecule has 3 aromatic rings. The summed E-state index contributed by atoms with van der Waals surface area (Å²) < 4.78 is 55.4. The van der Waals surface area contributed by atoms with Gasteiger partial charge in [-0.2, -0.15) is 0 Å². The number of pyridine rings is 1. The fraction of sp³-hybridized carbons (Fsp3) is 0.381. The van der Waals surface area contributed by atoms with E-state index >= 15 is 0 Å². The molecule has 1 saturated carbocycles. The third kappa shape index (κ3) is 3.42. The van der Waals surface area contributed by atoms with Crippen molar-refractivity contribution >= 4 is 16.7 Å². The highest BCUT2D eigenvalue weighted by Crippen LogP contribution is 2.35. The van der Waals surface area contributed by atoms with Crippen molar-refractivity contribution < 1.29 is 17.6 Å². The van der Waals surface area contributed by atoms with Crippen molar-refractivity contribution in [1.29, 1.82) is 0 Å². The lowest BCUT2D eigenvalue weighted by atomic mass is 9.90. The fourth-order valence-corrected chi connectivity index (χ4v) is 3.80. The smallest absolute Gasteiger partial charge is 0.266 e. The van der Waals surface area contributed by atoms with Crippen molar-refractivity contribution in [2.45, 2.75) is 51.4 Å². The lowest BCUT2D eigenvalue weighted by Crippen LogP contribution is -2.35. The molecule has 2 aromatic heterocycles. The average molecular weight is 420 g/mol. The zero-order chi connectivity index (χ0) is 21.6. The number of alkyl halides is 3. The van der Waals surface area contributed by atoms with Gasteiger partial charge in [-0.15, -0.1) is 0 Å². The minimum atomic E-state index is -2.92. The van der Waals surface area contributed by atoms with Gasteiger partial charge in [-0.1, -0.05) is 18.2 Å². The van der Waals surface area contributed by atoms with E-state index in [1.807, 2.05) is 0 Å². The summed E-state index contributed by atoms with van der Waals surface area (Å²) in [5, 5.41) is 3.56. The summed E-state index contributed by atoms with van der Waals surface area (Å²) in [6.07, 6.45) is -0.445. The van der Waals surface area contributed by atoms with Gasteiger partial charge in [0, 0.05) is 23.4 Å². The van der Waals surface area contributed by atoms with Gasteiger partial charge in [0.25, 0.3) is 12.0 Å². The molecule has 158 valence electrons. The van der Waals surface area contributed by atoms with Crippen LogP contribution in [0.15, 0.2) is 35.5 Å². The van der Waals surface area contributed by atoms with Gasteiger partial charge < -0.3 is 9.88 Å². The fourth-order valence-electron chi connectivity index (χ4n) is 3.80. The molecule has 9 heteroatoms. The lowest BCUT2D eigenvalue weighted by Gasteiger charge is -2.31. The Labute approximate surface area is 169 Å². The number of hydrogen-bond donors (Lipinski definition) is 1. The Morgan fingerprint density at radius 2 is 1.90 bits per heavy atom. The molecule has 0 radical (unpaired) electrons. The zero-order valence-corrected chi connectivity index (χ0v) is 16.4. The van der Waals surface area contributed by atoms with Crippen LogP contribution < -0.4 is 10.9 Å². The third-order valence-electron chi connectivity index (χ3n) is 5.62.